The van der Waals surface area contributed by atoms with E-state index >= 15 is 0 Å². The van der Waals surface area contributed by atoms with E-state index < -0.39 is 8.07 Å². The molecule has 0 saturated carbocycles. The quantitative estimate of drug-likeness (QED) is 0.126. The fourth-order valence-electron chi connectivity index (χ4n) is 8.66. The molecule has 0 N–H and O–H groups in total. The Morgan fingerprint density at radius 1 is 0.358 bits per heavy atom. The van der Waals surface area contributed by atoms with Crippen molar-refractivity contribution in [2.45, 2.75) is 0 Å². The Morgan fingerprint density at radius 3 is 1.58 bits per heavy atom. The van der Waals surface area contributed by atoms with E-state index in [4.69, 9.17) is 0 Å². The summed E-state index contributed by atoms with van der Waals surface area (Å²) in [6.07, 6.45) is 0. The molecule has 0 amide bonds. The van der Waals surface area contributed by atoms with Crippen molar-refractivity contribution in [1.82, 2.24) is 0 Å². The molecule has 1 heterocycles. The molecule has 0 aromatic heterocycles. The van der Waals surface area contributed by atoms with Crippen molar-refractivity contribution in [3.63, 3.8) is 0 Å². The molecule has 0 bridgehead atoms. The Morgan fingerprint density at radius 2 is 0.887 bits per heavy atom. The first-order chi connectivity index (χ1) is 26.3. The third-order valence-electron chi connectivity index (χ3n) is 10.9. The van der Waals surface area contributed by atoms with Crippen molar-refractivity contribution in [3.8, 4) is 0 Å². The summed E-state index contributed by atoms with van der Waals surface area (Å²) in [4.78, 5) is 4.95. The molecule has 0 radical (unpaired) electrons. The molecule has 10 rings (SSSR count). The maximum Gasteiger partial charge on any atom is 0.184 e. The molecule has 2 nitrogen and oxygen atoms in total. The normalized spacial score (nSPS) is 13.0. The van der Waals surface area contributed by atoms with Crippen LogP contribution in [0.15, 0.2) is 218 Å². The number of hydrogen-bond donors (Lipinski definition) is 0. The third kappa shape index (κ3) is 4.93. The average molecular weight is 693 g/mol. The van der Waals surface area contributed by atoms with Crippen LogP contribution in [0.3, 0.4) is 0 Å². The van der Waals surface area contributed by atoms with E-state index in [1.165, 1.54) is 53.7 Å². The summed E-state index contributed by atoms with van der Waals surface area (Å²) in [5.74, 6) is 0. The monoisotopic (exact) mass is 692 g/mol. The summed E-state index contributed by atoms with van der Waals surface area (Å²) in [6.45, 7) is 0. The maximum atomic E-state index is 2.52. The van der Waals surface area contributed by atoms with Gasteiger partial charge in [0.1, 0.15) is 0 Å². The molecule has 0 aliphatic carbocycles. The van der Waals surface area contributed by atoms with E-state index in [9.17, 15) is 0 Å². The Kier molecular flexibility index (Phi) is 7.52. The van der Waals surface area contributed by atoms with Crippen LogP contribution in [0.4, 0.5) is 34.1 Å². The minimum Gasteiger partial charge on any atom is -0.311 e. The zero-order valence-electron chi connectivity index (χ0n) is 29.2. The standard InChI is InChI=1S/C50H36N2Si/c1-5-20-38(21-6-1)51(48-35-37-19-13-14-28-43(37)44-29-15-16-30-45(44)48)40-33-34-47-50(36-40)53(41-24-9-3-10-25-41,42-26-11-4-12-27-42)49-32-18-17-31-46(49)52(47)39-22-7-2-8-23-39/h1-36H. The summed E-state index contributed by atoms with van der Waals surface area (Å²) in [6, 6.07) is 80.5. The topological polar surface area (TPSA) is 6.48 Å². The minimum absolute atomic E-state index is 1.12. The summed E-state index contributed by atoms with van der Waals surface area (Å²) < 4.78 is 0. The molecular formula is C50H36N2Si. The lowest BCUT2D eigenvalue weighted by Crippen LogP contribution is -2.77. The smallest absolute Gasteiger partial charge is 0.184 e. The van der Waals surface area contributed by atoms with Crippen LogP contribution >= 0.6 is 0 Å². The van der Waals surface area contributed by atoms with Crippen LogP contribution in [0, 0.1) is 0 Å². The van der Waals surface area contributed by atoms with Gasteiger partial charge in [-0.15, -0.1) is 0 Å². The number of fused-ring (bicyclic) bond motifs is 5. The summed E-state index contributed by atoms with van der Waals surface area (Å²) in [5.41, 5.74) is 7.02. The summed E-state index contributed by atoms with van der Waals surface area (Å²) in [5, 5.41) is 10.4. The maximum absolute atomic E-state index is 2.90. The van der Waals surface area contributed by atoms with Crippen LogP contribution in [-0.2, 0) is 0 Å². The lowest BCUT2D eigenvalue weighted by molar-refractivity contribution is 1.27. The first kappa shape index (κ1) is 31.1. The number of rotatable bonds is 6. The molecule has 53 heavy (non-hydrogen) atoms. The highest BCUT2D eigenvalue weighted by atomic mass is 28.3. The van der Waals surface area contributed by atoms with Gasteiger partial charge >= 0.3 is 0 Å². The first-order valence-electron chi connectivity index (χ1n) is 18.3. The van der Waals surface area contributed by atoms with Crippen molar-refractivity contribution in [3.05, 3.63) is 218 Å². The third-order valence-corrected chi connectivity index (χ3v) is 15.7. The van der Waals surface area contributed by atoms with Crippen molar-refractivity contribution in [1.29, 1.82) is 0 Å². The Balaban J connectivity index is 1.33. The van der Waals surface area contributed by atoms with Gasteiger partial charge < -0.3 is 9.80 Å². The van der Waals surface area contributed by atoms with Crippen molar-refractivity contribution in [2.75, 3.05) is 9.80 Å². The SMILES string of the molecule is c1ccc(N2c3ccccc3[Si](c3ccccc3)(c3ccccc3)c3cc(N(c4ccccc4)c4cc5ccccc5c5ccccc45)ccc32)cc1. The number of hydrogen-bond acceptors (Lipinski definition) is 2. The molecule has 9 aromatic carbocycles. The van der Waals surface area contributed by atoms with Crippen LogP contribution < -0.4 is 30.5 Å². The van der Waals surface area contributed by atoms with Gasteiger partial charge in [0.15, 0.2) is 8.07 Å². The average Bonchev–Trinajstić information content (AvgIpc) is 3.24. The molecule has 0 fully saturated rings. The van der Waals surface area contributed by atoms with Gasteiger partial charge in [-0.1, -0.05) is 164 Å². The van der Waals surface area contributed by atoms with Crippen molar-refractivity contribution >= 4 is 84.5 Å². The fourth-order valence-corrected chi connectivity index (χ4v) is 13.8. The number of nitrogens with zero attached hydrogens (tertiary/aromatic N) is 2. The first-order valence-corrected chi connectivity index (χ1v) is 20.3. The van der Waals surface area contributed by atoms with E-state index in [0.717, 1.165) is 22.7 Å². The van der Waals surface area contributed by atoms with Gasteiger partial charge in [-0.3, -0.25) is 0 Å². The molecule has 3 heteroatoms. The van der Waals surface area contributed by atoms with Gasteiger partial charge in [0.2, 0.25) is 0 Å². The predicted molar refractivity (Wildman–Crippen MR) is 228 cm³/mol. The molecule has 0 atom stereocenters. The van der Waals surface area contributed by atoms with Gasteiger partial charge in [-0.2, -0.15) is 0 Å². The highest BCUT2D eigenvalue weighted by Gasteiger charge is 2.49. The molecule has 1 aliphatic rings. The lowest BCUT2D eigenvalue weighted by atomic mass is 9.99. The number of benzene rings is 9. The van der Waals surface area contributed by atoms with Crippen LogP contribution in [0.2, 0.25) is 0 Å². The zero-order valence-corrected chi connectivity index (χ0v) is 30.2. The zero-order chi connectivity index (χ0) is 35.2. The van der Waals surface area contributed by atoms with E-state index in [-0.39, 0.29) is 0 Å². The Labute approximate surface area is 311 Å². The van der Waals surface area contributed by atoms with Gasteiger partial charge in [-0.25, -0.2) is 0 Å². The van der Waals surface area contributed by atoms with Gasteiger partial charge in [0.05, 0.1) is 5.69 Å². The Hall–Kier alpha value is -6.68. The highest BCUT2D eigenvalue weighted by molar-refractivity contribution is 7.21. The predicted octanol–water partition coefficient (Wildman–Crippen LogP) is 10.6. The van der Waals surface area contributed by atoms with Crippen molar-refractivity contribution in [2.24, 2.45) is 0 Å². The minimum atomic E-state index is -2.90. The molecule has 0 saturated heterocycles. The van der Waals surface area contributed by atoms with E-state index in [2.05, 4.69) is 228 Å². The second kappa shape index (κ2) is 12.8. The van der Waals surface area contributed by atoms with Crippen LogP contribution in [-0.4, -0.2) is 8.07 Å². The van der Waals surface area contributed by atoms with Crippen LogP contribution in [0.1, 0.15) is 0 Å². The molecule has 0 spiro atoms. The van der Waals surface area contributed by atoms with Crippen molar-refractivity contribution < 1.29 is 0 Å². The highest BCUT2D eigenvalue weighted by Crippen LogP contribution is 2.44. The van der Waals surface area contributed by atoms with Gasteiger partial charge in [0.25, 0.3) is 0 Å². The van der Waals surface area contributed by atoms with Crippen LogP contribution in [0.25, 0.3) is 21.5 Å². The van der Waals surface area contributed by atoms with Gasteiger partial charge in [-0.05, 0) is 91.5 Å². The van der Waals surface area contributed by atoms with E-state index in [1.54, 1.807) is 0 Å². The molecular weight excluding hydrogens is 657 g/mol. The lowest BCUT2D eigenvalue weighted by Gasteiger charge is -2.45. The summed E-state index contributed by atoms with van der Waals surface area (Å²) >= 11 is 0. The number of anilines is 6. The molecule has 9 aromatic rings. The second-order valence-corrected chi connectivity index (χ2v) is 17.4. The molecule has 1 aliphatic heterocycles. The largest absolute Gasteiger partial charge is 0.311 e. The molecule has 0 unspecified atom stereocenters. The second-order valence-electron chi connectivity index (χ2n) is 13.7. The Bertz CT molecular complexity index is 2690. The van der Waals surface area contributed by atoms with E-state index in [1.807, 2.05) is 0 Å². The number of para-hydroxylation sites is 3. The fraction of sp³-hybridized carbons (Fsp3) is 0. The summed E-state index contributed by atoms with van der Waals surface area (Å²) in [7, 11) is -2.90. The van der Waals surface area contributed by atoms with E-state index in [0.29, 0.717) is 0 Å². The molecule has 250 valence electrons. The van der Waals surface area contributed by atoms with Crippen LogP contribution in [0.5, 0.6) is 0 Å². The van der Waals surface area contributed by atoms with Gasteiger partial charge in [0, 0.05) is 33.8 Å².